The van der Waals surface area contributed by atoms with Crippen molar-refractivity contribution < 1.29 is 4.79 Å². The third-order valence-corrected chi connectivity index (χ3v) is 5.67. The van der Waals surface area contributed by atoms with Crippen molar-refractivity contribution in [3.63, 3.8) is 0 Å². The molecule has 1 unspecified atom stereocenters. The molecule has 0 radical (unpaired) electrons. The van der Waals surface area contributed by atoms with Gasteiger partial charge in [0, 0.05) is 51.8 Å². The molecule has 0 spiro atoms. The second-order valence-corrected chi connectivity index (χ2v) is 7.34. The van der Waals surface area contributed by atoms with Gasteiger partial charge in [-0.25, -0.2) is 4.98 Å². The molecule has 1 fully saturated rings. The second-order valence-electron chi connectivity index (χ2n) is 7.34. The first-order valence-electron chi connectivity index (χ1n) is 9.85. The number of carbonyl (C=O) groups excluding carboxylic acids is 1. The summed E-state index contributed by atoms with van der Waals surface area (Å²) in [5, 5.41) is 7.52. The Morgan fingerprint density at radius 1 is 1.36 bits per heavy atom. The lowest BCUT2D eigenvalue weighted by molar-refractivity contribution is -0.127. The van der Waals surface area contributed by atoms with E-state index in [0.29, 0.717) is 24.8 Å². The van der Waals surface area contributed by atoms with Crippen LogP contribution in [0, 0.1) is 0 Å². The summed E-state index contributed by atoms with van der Waals surface area (Å²) >= 11 is 0. The molecule has 1 aromatic heterocycles. The number of para-hydroxylation sites is 1. The van der Waals surface area contributed by atoms with Crippen molar-refractivity contribution in [3.05, 3.63) is 42.0 Å². The third-order valence-electron chi connectivity index (χ3n) is 5.67. The Morgan fingerprint density at radius 3 is 2.93 bits per heavy atom. The van der Waals surface area contributed by atoms with E-state index >= 15 is 0 Å². The Labute approximate surface area is 165 Å². The fraction of sp³-hybridized carbons (Fsp3) is 0.500. The SMILES string of the molecule is CN=C(NCc1ncnn1C)N1CC(CCN2CCCC2=O)c2ccccc21. The highest BCUT2D eigenvalue weighted by molar-refractivity contribution is 5.98. The highest BCUT2D eigenvalue weighted by Crippen LogP contribution is 2.38. The summed E-state index contributed by atoms with van der Waals surface area (Å²) in [6.45, 7) is 3.16. The van der Waals surface area contributed by atoms with Crippen molar-refractivity contribution in [1.29, 1.82) is 0 Å². The van der Waals surface area contributed by atoms with Crippen LogP contribution in [0.1, 0.15) is 36.6 Å². The van der Waals surface area contributed by atoms with Gasteiger partial charge >= 0.3 is 0 Å². The van der Waals surface area contributed by atoms with Gasteiger partial charge in [0.1, 0.15) is 12.2 Å². The molecule has 1 saturated heterocycles. The van der Waals surface area contributed by atoms with Crippen LogP contribution in [0.2, 0.25) is 0 Å². The van der Waals surface area contributed by atoms with E-state index in [0.717, 1.165) is 44.3 Å². The van der Waals surface area contributed by atoms with E-state index in [4.69, 9.17) is 0 Å². The number of carbonyl (C=O) groups is 1. The van der Waals surface area contributed by atoms with Crippen molar-refractivity contribution in [2.45, 2.75) is 31.7 Å². The Balaban J connectivity index is 1.46. The molecular formula is C20H27N7O. The van der Waals surface area contributed by atoms with Gasteiger partial charge in [0.2, 0.25) is 5.91 Å². The molecule has 0 saturated carbocycles. The Bertz CT molecular complexity index is 875. The van der Waals surface area contributed by atoms with Gasteiger partial charge in [0.15, 0.2) is 5.96 Å². The zero-order chi connectivity index (χ0) is 19.5. The van der Waals surface area contributed by atoms with E-state index in [9.17, 15) is 4.79 Å². The summed E-state index contributed by atoms with van der Waals surface area (Å²) in [7, 11) is 3.69. The van der Waals surface area contributed by atoms with Crippen molar-refractivity contribution >= 4 is 17.6 Å². The van der Waals surface area contributed by atoms with Gasteiger partial charge in [0.25, 0.3) is 0 Å². The van der Waals surface area contributed by atoms with Crippen LogP contribution in [0.4, 0.5) is 5.69 Å². The van der Waals surface area contributed by atoms with Gasteiger partial charge in [-0.1, -0.05) is 18.2 Å². The van der Waals surface area contributed by atoms with Crippen LogP contribution in [0.5, 0.6) is 0 Å². The van der Waals surface area contributed by atoms with Gasteiger partial charge < -0.3 is 15.1 Å². The Kier molecular flexibility index (Phi) is 5.27. The number of anilines is 1. The summed E-state index contributed by atoms with van der Waals surface area (Å²) in [5.74, 6) is 2.37. The largest absolute Gasteiger partial charge is 0.349 e. The predicted molar refractivity (Wildman–Crippen MR) is 108 cm³/mol. The summed E-state index contributed by atoms with van der Waals surface area (Å²) in [6, 6.07) is 8.49. The molecule has 1 amide bonds. The highest BCUT2D eigenvalue weighted by Gasteiger charge is 2.32. The highest BCUT2D eigenvalue weighted by atomic mass is 16.2. The lowest BCUT2D eigenvalue weighted by Gasteiger charge is -2.23. The number of benzene rings is 1. The molecule has 3 heterocycles. The number of aliphatic imine (C=N–C) groups is 1. The maximum atomic E-state index is 11.9. The molecule has 1 aromatic carbocycles. The summed E-state index contributed by atoms with van der Waals surface area (Å²) in [5.41, 5.74) is 2.52. The van der Waals surface area contributed by atoms with Crippen LogP contribution in [0.15, 0.2) is 35.6 Å². The van der Waals surface area contributed by atoms with Crippen LogP contribution < -0.4 is 10.2 Å². The molecule has 148 valence electrons. The number of rotatable bonds is 5. The number of fused-ring (bicyclic) bond motifs is 1. The molecule has 1 N–H and O–H groups in total. The van der Waals surface area contributed by atoms with E-state index in [1.807, 2.05) is 11.9 Å². The van der Waals surface area contributed by atoms with E-state index in [-0.39, 0.29) is 0 Å². The molecule has 4 rings (SSSR count). The molecule has 2 aliphatic rings. The number of likely N-dealkylation sites (tertiary alicyclic amines) is 1. The van der Waals surface area contributed by atoms with E-state index < -0.39 is 0 Å². The monoisotopic (exact) mass is 381 g/mol. The molecule has 0 bridgehead atoms. The molecule has 0 aliphatic carbocycles. The number of nitrogens with one attached hydrogen (secondary N) is 1. The van der Waals surface area contributed by atoms with Crippen LogP contribution in [-0.4, -0.2) is 58.2 Å². The smallest absolute Gasteiger partial charge is 0.222 e. The summed E-state index contributed by atoms with van der Waals surface area (Å²) in [4.78, 5) is 24.9. The summed E-state index contributed by atoms with van der Waals surface area (Å²) < 4.78 is 1.76. The molecule has 2 aliphatic heterocycles. The van der Waals surface area contributed by atoms with Gasteiger partial charge in [-0.3, -0.25) is 14.5 Å². The predicted octanol–water partition coefficient (Wildman–Crippen LogP) is 1.51. The maximum absolute atomic E-state index is 11.9. The van der Waals surface area contributed by atoms with Crippen LogP contribution >= 0.6 is 0 Å². The van der Waals surface area contributed by atoms with Crippen molar-refractivity contribution in [1.82, 2.24) is 25.0 Å². The van der Waals surface area contributed by atoms with Crippen molar-refractivity contribution in [2.24, 2.45) is 12.0 Å². The van der Waals surface area contributed by atoms with Gasteiger partial charge in [-0.05, 0) is 24.5 Å². The third kappa shape index (κ3) is 3.58. The van der Waals surface area contributed by atoms with Crippen molar-refractivity contribution in [2.75, 3.05) is 31.6 Å². The second kappa shape index (κ2) is 8.00. The average Bonchev–Trinajstić information content (AvgIpc) is 3.41. The van der Waals surface area contributed by atoms with E-state index in [2.05, 4.69) is 49.6 Å². The van der Waals surface area contributed by atoms with Crippen molar-refractivity contribution in [3.8, 4) is 0 Å². The zero-order valence-corrected chi connectivity index (χ0v) is 16.5. The molecule has 2 aromatic rings. The number of guanidine groups is 1. The topological polar surface area (TPSA) is 78.7 Å². The number of nitrogens with zero attached hydrogens (tertiary/aromatic N) is 6. The van der Waals surface area contributed by atoms with E-state index in [1.54, 1.807) is 18.1 Å². The number of amides is 1. The standard InChI is InChI=1S/C20H27N7O/c1-21-20(22-12-18-23-14-24-25(18)2)27-13-15(16-6-3-4-7-17(16)27)9-11-26-10-5-8-19(26)28/h3-4,6-7,14-15H,5,8-13H2,1-2H3,(H,21,22). The van der Waals surface area contributed by atoms with Gasteiger partial charge in [-0.2, -0.15) is 5.10 Å². The van der Waals surface area contributed by atoms with Gasteiger partial charge in [0.05, 0.1) is 6.54 Å². The van der Waals surface area contributed by atoms with Crippen LogP contribution in [-0.2, 0) is 18.4 Å². The minimum atomic E-state index is 0.296. The molecule has 28 heavy (non-hydrogen) atoms. The first-order chi connectivity index (χ1) is 13.7. The van der Waals surface area contributed by atoms with Gasteiger partial charge in [-0.15, -0.1) is 0 Å². The number of hydrogen-bond donors (Lipinski definition) is 1. The number of aryl methyl sites for hydroxylation is 1. The fourth-order valence-corrected chi connectivity index (χ4v) is 4.13. The fourth-order valence-electron chi connectivity index (χ4n) is 4.13. The minimum Gasteiger partial charge on any atom is -0.349 e. The number of hydrogen-bond acceptors (Lipinski definition) is 4. The number of aromatic nitrogens is 3. The minimum absolute atomic E-state index is 0.296. The Morgan fingerprint density at radius 2 is 2.21 bits per heavy atom. The first-order valence-corrected chi connectivity index (χ1v) is 9.85. The molecule has 8 heteroatoms. The molecule has 1 atom stereocenters. The normalized spacial score (nSPS) is 19.4. The summed E-state index contributed by atoms with van der Waals surface area (Å²) in [6.07, 6.45) is 4.22. The molecule has 8 nitrogen and oxygen atoms in total. The Hall–Kier alpha value is -2.90. The lowest BCUT2D eigenvalue weighted by atomic mass is 9.98. The van der Waals surface area contributed by atoms with Crippen LogP contribution in [0.25, 0.3) is 0 Å². The quantitative estimate of drug-likeness (QED) is 0.627. The van der Waals surface area contributed by atoms with Crippen LogP contribution in [0.3, 0.4) is 0 Å². The molecular weight excluding hydrogens is 354 g/mol. The zero-order valence-electron chi connectivity index (χ0n) is 16.5. The first kappa shape index (κ1) is 18.5. The lowest BCUT2D eigenvalue weighted by Crippen LogP contribution is -2.41. The maximum Gasteiger partial charge on any atom is 0.222 e. The van der Waals surface area contributed by atoms with E-state index in [1.165, 1.54) is 11.3 Å². The average molecular weight is 381 g/mol.